The number of amides is 1. The molecule has 1 saturated heterocycles. The van der Waals surface area contributed by atoms with Gasteiger partial charge >= 0.3 is 0 Å². The first-order chi connectivity index (χ1) is 17.7. The van der Waals surface area contributed by atoms with Crippen LogP contribution in [0.15, 0.2) is 77.5 Å². The number of hydrogen-bond donors (Lipinski definition) is 3. The van der Waals surface area contributed by atoms with Gasteiger partial charge in [0.2, 0.25) is 11.8 Å². The minimum absolute atomic E-state index is 0.0473. The largest absolute Gasteiger partial charge is 0.418 e. The lowest BCUT2D eigenvalue weighted by molar-refractivity contribution is 0.0936. The SMILES string of the molecule is O=C(NC1CCc2ccccc21)c1cccc(NC2(c3nnc(-c4ccncc4)o3)CCNCC2)c1. The standard InChI is InChI=1S/C28H28N6O2/c35-25(31-24-9-8-19-4-1-2-7-23(19)24)21-5-3-6-22(18-21)32-28(12-16-30-17-13-28)27-34-33-26(36-27)20-10-14-29-15-11-20/h1-7,10-11,14-15,18,24,30,32H,8-9,12-13,16-17H2,(H,31,35). The Bertz CT molecular complexity index is 1360. The Labute approximate surface area is 209 Å². The number of aromatic nitrogens is 3. The molecule has 2 aliphatic rings. The molecule has 8 nitrogen and oxygen atoms in total. The topological polar surface area (TPSA) is 105 Å². The molecule has 36 heavy (non-hydrogen) atoms. The number of anilines is 1. The first kappa shape index (κ1) is 22.4. The molecular formula is C28H28N6O2. The van der Waals surface area contributed by atoms with Crippen molar-refractivity contribution in [2.45, 2.75) is 37.3 Å². The van der Waals surface area contributed by atoms with Gasteiger partial charge in [0, 0.05) is 29.2 Å². The fourth-order valence-corrected chi connectivity index (χ4v) is 5.24. The molecule has 182 valence electrons. The van der Waals surface area contributed by atoms with Gasteiger partial charge in [0.1, 0.15) is 5.54 Å². The molecule has 0 radical (unpaired) electrons. The molecule has 6 rings (SSSR count). The van der Waals surface area contributed by atoms with E-state index in [1.54, 1.807) is 12.4 Å². The van der Waals surface area contributed by atoms with E-state index >= 15 is 0 Å². The first-order valence-corrected chi connectivity index (χ1v) is 12.4. The number of aryl methyl sites for hydroxylation is 1. The van der Waals surface area contributed by atoms with Crippen molar-refractivity contribution >= 4 is 11.6 Å². The maximum absolute atomic E-state index is 13.2. The summed E-state index contributed by atoms with van der Waals surface area (Å²) in [6.45, 7) is 1.64. The van der Waals surface area contributed by atoms with Gasteiger partial charge in [-0.1, -0.05) is 30.3 Å². The van der Waals surface area contributed by atoms with Crippen molar-refractivity contribution in [2.75, 3.05) is 18.4 Å². The van der Waals surface area contributed by atoms with Crippen LogP contribution in [-0.4, -0.2) is 34.2 Å². The maximum atomic E-state index is 13.2. The third kappa shape index (κ3) is 4.35. The van der Waals surface area contributed by atoms with E-state index in [9.17, 15) is 4.79 Å². The number of carbonyl (C=O) groups excluding carboxylic acids is 1. The summed E-state index contributed by atoms with van der Waals surface area (Å²) in [5, 5.41) is 19.0. The van der Waals surface area contributed by atoms with Gasteiger partial charge in [0.15, 0.2) is 0 Å². The van der Waals surface area contributed by atoms with E-state index in [-0.39, 0.29) is 11.9 Å². The molecule has 3 N–H and O–H groups in total. The number of nitrogens with one attached hydrogen (secondary N) is 3. The van der Waals surface area contributed by atoms with Gasteiger partial charge in [0.05, 0.1) is 6.04 Å². The van der Waals surface area contributed by atoms with Crippen molar-refractivity contribution in [1.29, 1.82) is 0 Å². The summed E-state index contributed by atoms with van der Waals surface area (Å²) in [5.41, 5.74) is 4.31. The molecule has 1 fully saturated rings. The molecule has 0 saturated carbocycles. The molecular weight excluding hydrogens is 452 g/mol. The lowest BCUT2D eigenvalue weighted by Gasteiger charge is -2.36. The third-order valence-corrected chi connectivity index (χ3v) is 7.17. The Morgan fingerprint density at radius 1 is 1.00 bits per heavy atom. The molecule has 2 aromatic carbocycles. The Balaban J connectivity index is 1.23. The fourth-order valence-electron chi connectivity index (χ4n) is 5.24. The summed E-state index contributed by atoms with van der Waals surface area (Å²) >= 11 is 0. The smallest absolute Gasteiger partial charge is 0.251 e. The van der Waals surface area contributed by atoms with E-state index < -0.39 is 5.54 Å². The van der Waals surface area contributed by atoms with Crippen LogP contribution in [0, 0.1) is 0 Å². The highest BCUT2D eigenvalue weighted by atomic mass is 16.4. The Kier molecular flexibility index (Phi) is 5.95. The summed E-state index contributed by atoms with van der Waals surface area (Å²) in [4.78, 5) is 17.2. The van der Waals surface area contributed by atoms with Crippen LogP contribution in [0.1, 0.15) is 52.7 Å². The van der Waals surface area contributed by atoms with Crippen LogP contribution in [0.4, 0.5) is 5.69 Å². The number of nitrogens with zero attached hydrogens (tertiary/aromatic N) is 3. The van der Waals surface area contributed by atoms with Gasteiger partial charge in [-0.15, -0.1) is 10.2 Å². The van der Waals surface area contributed by atoms with Crippen LogP contribution >= 0.6 is 0 Å². The van der Waals surface area contributed by atoms with Crippen molar-refractivity contribution in [3.63, 3.8) is 0 Å². The number of hydrogen-bond acceptors (Lipinski definition) is 7. The van der Waals surface area contributed by atoms with Crippen molar-refractivity contribution in [3.8, 4) is 11.5 Å². The van der Waals surface area contributed by atoms with Crippen molar-refractivity contribution in [2.24, 2.45) is 0 Å². The monoisotopic (exact) mass is 480 g/mol. The zero-order valence-electron chi connectivity index (χ0n) is 19.9. The van der Waals surface area contributed by atoms with Gasteiger partial charge in [-0.2, -0.15) is 0 Å². The third-order valence-electron chi connectivity index (χ3n) is 7.17. The summed E-state index contributed by atoms with van der Waals surface area (Å²) in [6, 6.07) is 19.7. The average molecular weight is 481 g/mol. The Hall–Kier alpha value is -4.04. The first-order valence-electron chi connectivity index (χ1n) is 12.4. The van der Waals surface area contributed by atoms with Gasteiger partial charge in [0.25, 0.3) is 5.91 Å². The van der Waals surface area contributed by atoms with Crippen LogP contribution in [0.25, 0.3) is 11.5 Å². The van der Waals surface area contributed by atoms with Crippen LogP contribution in [-0.2, 0) is 12.0 Å². The van der Waals surface area contributed by atoms with E-state index in [0.717, 1.165) is 50.0 Å². The molecule has 3 heterocycles. The van der Waals surface area contributed by atoms with Crippen molar-refractivity contribution < 1.29 is 9.21 Å². The van der Waals surface area contributed by atoms with E-state index in [0.29, 0.717) is 17.3 Å². The van der Waals surface area contributed by atoms with Crippen molar-refractivity contribution in [3.05, 3.63) is 95.6 Å². The number of rotatable bonds is 6. The molecule has 1 aliphatic carbocycles. The Morgan fingerprint density at radius 3 is 2.69 bits per heavy atom. The van der Waals surface area contributed by atoms with E-state index in [1.165, 1.54) is 11.1 Å². The lowest BCUT2D eigenvalue weighted by atomic mass is 9.87. The second kappa shape index (κ2) is 9.54. The van der Waals surface area contributed by atoms with Crippen LogP contribution in [0.3, 0.4) is 0 Å². The minimum atomic E-state index is -0.525. The normalized spacial score (nSPS) is 18.4. The van der Waals surface area contributed by atoms with E-state index in [4.69, 9.17) is 4.42 Å². The van der Waals surface area contributed by atoms with Gasteiger partial charge in [-0.05, 0) is 80.2 Å². The summed E-state index contributed by atoms with van der Waals surface area (Å²) < 4.78 is 6.16. The molecule has 4 aromatic rings. The fraction of sp³-hybridized carbons (Fsp3) is 0.286. The van der Waals surface area contributed by atoms with Crippen LogP contribution in [0.5, 0.6) is 0 Å². The molecule has 1 amide bonds. The summed E-state index contributed by atoms with van der Waals surface area (Å²) in [6.07, 6.45) is 6.89. The molecule has 1 aliphatic heterocycles. The lowest BCUT2D eigenvalue weighted by Crippen LogP contribution is -2.45. The minimum Gasteiger partial charge on any atom is -0.418 e. The van der Waals surface area contributed by atoms with Gasteiger partial charge in [-0.3, -0.25) is 9.78 Å². The van der Waals surface area contributed by atoms with Crippen LogP contribution < -0.4 is 16.0 Å². The molecule has 0 spiro atoms. The highest BCUT2D eigenvalue weighted by Crippen LogP contribution is 2.36. The molecule has 2 aromatic heterocycles. The average Bonchev–Trinajstić information content (AvgIpc) is 3.59. The van der Waals surface area contributed by atoms with Gasteiger partial charge < -0.3 is 20.4 Å². The zero-order valence-corrected chi connectivity index (χ0v) is 19.9. The molecule has 8 heteroatoms. The summed E-state index contributed by atoms with van der Waals surface area (Å²) in [7, 11) is 0. The van der Waals surface area contributed by atoms with E-state index in [2.05, 4.69) is 49.3 Å². The highest BCUT2D eigenvalue weighted by Gasteiger charge is 2.39. The van der Waals surface area contributed by atoms with Gasteiger partial charge in [-0.25, -0.2) is 0 Å². The predicted molar refractivity (Wildman–Crippen MR) is 136 cm³/mol. The number of piperidine rings is 1. The van der Waals surface area contributed by atoms with Crippen molar-refractivity contribution in [1.82, 2.24) is 25.8 Å². The maximum Gasteiger partial charge on any atom is 0.251 e. The van der Waals surface area contributed by atoms with E-state index in [1.807, 2.05) is 42.5 Å². The Morgan fingerprint density at radius 2 is 1.83 bits per heavy atom. The zero-order chi connectivity index (χ0) is 24.4. The second-order valence-electron chi connectivity index (χ2n) is 9.45. The number of carbonyl (C=O) groups is 1. The molecule has 1 atom stereocenters. The summed E-state index contributed by atoms with van der Waals surface area (Å²) in [5.74, 6) is 0.947. The number of fused-ring (bicyclic) bond motifs is 1. The molecule has 0 bridgehead atoms. The van der Waals surface area contributed by atoms with Crippen LogP contribution in [0.2, 0.25) is 0 Å². The predicted octanol–water partition coefficient (Wildman–Crippen LogP) is 4.24. The highest BCUT2D eigenvalue weighted by molar-refractivity contribution is 5.95. The second-order valence-corrected chi connectivity index (χ2v) is 9.45. The quantitative estimate of drug-likeness (QED) is 0.379. The number of pyridine rings is 1. The number of benzene rings is 2. The molecule has 1 unspecified atom stereocenters.